The number of benzene rings is 2. The molecule has 0 spiro atoms. The molecule has 0 saturated heterocycles. The molecule has 3 rings (SSSR count). The molecule has 6 nitrogen and oxygen atoms in total. The number of rotatable bonds is 6. The van der Waals surface area contributed by atoms with Crippen molar-refractivity contribution in [1.82, 2.24) is 4.98 Å². The molecule has 142 valence electrons. The van der Waals surface area contributed by atoms with Crippen molar-refractivity contribution in [1.29, 1.82) is 0 Å². The van der Waals surface area contributed by atoms with Crippen molar-refractivity contribution in [3.63, 3.8) is 0 Å². The molecule has 2 aromatic carbocycles. The van der Waals surface area contributed by atoms with E-state index in [4.69, 9.17) is 4.74 Å². The molecule has 2 N–H and O–H groups in total. The standard InChI is InChI=1S/C22H21N3O3/c1-3-15-8-4-6-10-18(15)24-20-14-16(12-13-23-20)21(26)25-19-11-7-5-9-17(19)22(27)28-2/h4-14H,3H2,1-2H3,(H,23,24)(H,25,26). The highest BCUT2D eigenvalue weighted by Gasteiger charge is 2.15. The fourth-order valence-corrected chi connectivity index (χ4v) is 2.80. The summed E-state index contributed by atoms with van der Waals surface area (Å²) in [5, 5.41) is 6.02. The van der Waals surface area contributed by atoms with Gasteiger partial charge in [-0.25, -0.2) is 9.78 Å². The number of aryl methyl sites for hydroxylation is 1. The number of anilines is 3. The van der Waals surface area contributed by atoms with Crippen LogP contribution in [0.3, 0.4) is 0 Å². The molecule has 1 aromatic heterocycles. The Morgan fingerprint density at radius 3 is 2.46 bits per heavy atom. The van der Waals surface area contributed by atoms with Crippen molar-refractivity contribution in [2.75, 3.05) is 17.7 Å². The van der Waals surface area contributed by atoms with Gasteiger partial charge in [0.25, 0.3) is 5.91 Å². The van der Waals surface area contributed by atoms with E-state index in [-0.39, 0.29) is 5.91 Å². The van der Waals surface area contributed by atoms with Crippen LogP contribution in [0, 0.1) is 0 Å². The highest BCUT2D eigenvalue weighted by Crippen LogP contribution is 2.21. The molecule has 0 aliphatic rings. The van der Waals surface area contributed by atoms with E-state index in [1.54, 1.807) is 42.6 Å². The van der Waals surface area contributed by atoms with Crippen LogP contribution in [0.15, 0.2) is 66.9 Å². The molecular formula is C22H21N3O3. The number of amides is 1. The number of carbonyl (C=O) groups is 2. The summed E-state index contributed by atoms with van der Waals surface area (Å²) in [6, 6.07) is 17.9. The van der Waals surface area contributed by atoms with Crippen molar-refractivity contribution >= 4 is 29.1 Å². The highest BCUT2D eigenvalue weighted by atomic mass is 16.5. The SMILES string of the molecule is CCc1ccccc1Nc1cc(C(=O)Nc2ccccc2C(=O)OC)ccn1. The number of aromatic nitrogens is 1. The molecule has 1 heterocycles. The number of nitrogens with zero attached hydrogens (tertiary/aromatic N) is 1. The van der Waals surface area contributed by atoms with Gasteiger partial charge in [0, 0.05) is 17.4 Å². The molecule has 3 aromatic rings. The molecule has 0 aliphatic carbocycles. The van der Waals surface area contributed by atoms with Gasteiger partial charge in [-0.3, -0.25) is 4.79 Å². The first kappa shape index (κ1) is 19.1. The Hall–Kier alpha value is -3.67. The zero-order chi connectivity index (χ0) is 19.9. The van der Waals surface area contributed by atoms with Gasteiger partial charge in [0.1, 0.15) is 5.82 Å². The molecular weight excluding hydrogens is 354 g/mol. The first-order valence-electron chi connectivity index (χ1n) is 8.92. The second-order valence-electron chi connectivity index (χ2n) is 6.06. The van der Waals surface area contributed by atoms with E-state index in [2.05, 4.69) is 22.5 Å². The first-order valence-corrected chi connectivity index (χ1v) is 8.92. The molecule has 0 atom stereocenters. The molecule has 0 bridgehead atoms. The van der Waals surface area contributed by atoms with Crippen LogP contribution in [0.5, 0.6) is 0 Å². The number of carbonyl (C=O) groups excluding carboxylic acids is 2. The van der Waals surface area contributed by atoms with E-state index in [1.807, 2.05) is 24.3 Å². The Balaban J connectivity index is 1.81. The predicted molar refractivity (Wildman–Crippen MR) is 109 cm³/mol. The summed E-state index contributed by atoms with van der Waals surface area (Å²) in [5.41, 5.74) is 3.22. The number of pyridine rings is 1. The minimum atomic E-state index is -0.510. The topological polar surface area (TPSA) is 80.3 Å². The van der Waals surface area contributed by atoms with Crippen LogP contribution in [-0.4, -0.2) is 24.0 Å². The van der Waals surface area contributed by atoms with Crippen molar-refractivity contribution in [2.24, 2.45) is 0 Å². The fourth-order valence-electron chi connectivity index (χ4n) is 2.80. The number of hydrogen-bond donors (Lipinski definition) is 2. The van der Waals surface area contributed by atoms with Gasteiger partial charge in [-0.2, -0.15) is 0 Å². The van der Waals surface area contributed by atoms with Gasteiger partial charge in [-0.15, -0.1) is 0 Å². The quantitative estimate of drug-likeness (QED) is 0.623. The Morgan fingerprint density at radius 1 is 1.00 bits per heavy atom. The lowest BCUT2D eigenvalue weighted by Gasteiger charge is -2.12. The molecule has 0 aliphatic heterocycles. The summed E-state index contributed by atoms with van der Waals surface area (Å²) >= 11 is 0. The highest BCUT2D eigenvalue weighted by molar-refractivity contribution is 6.08. The van der Waals surface area contributed by atoms with E-state index in [9.17, 15) is 9.59 Å². The van der Waals surface area contributed by atoms with E-state index >= 15 is 0 Å². The van der Waals surface area contributed by atoms with Crippen LogP contribution in [0.4, 0.5) is 17.2 Å². The maximum Gasteiger partial charge on any atom is 0.339 e. The average molecular weight is 375 g/mol. The summed E-state index contributed by atoms with van der Waals surface area (Å²) in [6.45, 7) is 2.08. The molecule has 0 unspecified atom stereocenters. The van der Waals surface area contributed by atoms with Gasteiger partial charge in [-0.05, 0) is 42.3 Å². The second-order valence-corrected chi connectivity index (χ2v) is 6.06. The van der Waals surface area contributed by atoms with Gasteiger partial charge < -0.3 is 15.4 Å². The molecule has 0 fully saturated rings. The zero-order valence-corrected chi connectivity index (χ0v) is 15.7. The van der Waals surface area contributed by atoms with Gasteiger partial charge in [-0.1, -0.05) is 37.3 Å². The molecule has 28 heavy (non-hydrogen) atoms. The molecule has 0 radical (unpaired) electrons. The average Bonchev–Trinajstić information content (AvgIpc) is 2.74. The van der Waals surface area contributed by atoms with Crippen LogP contribution in [0.25, 0.3) is 0 Å². The van der Waals surface area contributed by atoms with E-state index in [0.717, 1.165) is 17.7 Å². The van der Waals surface area contributed by atoms with Crippen molar-refractivity contribution in [3.05, 3.63) is 83.6 Å². The van der Waals surface area contributed by atoms with Crippen LogP contribution >= 0.6 is 0 Å². The smallest absolute Gasteiger partial charge is 0.339 e. The third kappa shape index (κ3) is 4.35. The second kappa shape index (κ2) is 8.81. The third-order valence-electron chi connectivity index (χ3n) is 4.26. The van der Waals surface area contributed by atoms with Gasteiger partial charge in [0.2, 0.25) is 0 Å². The van der Waals surface area contributed by atoms with Gasteiger partial charge in [0.05, 0.1) is 18.4 Å². The number of nitrogens with one attached hydrogen (secondary N) is 2. The Bertz CT molecular complexity index is 1000. The lowest BCUT2D eigenvalue weighted by atomic mass is 10.1. The van der Waals surface area contributed by atoms with Crippen molar-refractivity contribution in [2.45, 2.75) is 13.3 Å². The van der Waals surface area contributed by atoms with Crippen LogP contribution in [0.1, 0.15) is 33.2 Å². The van der Waals surface area contributed by atoms with E-state index < -0.39 is 5.97 Å². The summed E-state index contributed by atoms with van der Waals surface area (Å²) in [6.07, 6.45) is 2.45. The first-order chi connectivity index (χ1) is 13.6. The lowest BCUT2D eigenvalue weighted by Crippen LogP contribution is -2.15. The largest absolute Gasteiger partial charge is 0.465 e. The normalized spacial score (nSPS) is 10.2. The molecule has 6 heteroatoms. The number of methoxy groups -OCH3 is 1. The number of esters is 1. The summed E-state index contributed by atoms with van der Waals surface area (Å²) in [5.74, 6) is -0.287. The predicted octanol–water partition coefficient (Wildman–Crippen LogP) is 4.43. The Kier molecular flexibility index (Phi) is 6.01. The summed E-state index contributed by atoms with van der Waals surface area (Å²) in [4.78, 5) is 28.9. The number of hydrogen-bond acceptors (Lipinski definition) is 5. The minimum Gasteiger partial charge on any atom is -0.465 e. The fraction of sp³-hybridized carbons (Fsp3) is 0.136. The maximum atomic E-state index is 12.7. The maximum absolute atomic E-state index is 12.7. The van der Waals surface area contributed by atoms with Crippen LogP contribution in [0.2, 0.25) is 0 Å². The van der Waals surface area contributed by atoms with Crippen LogP contribution in [-0.2, 0) is 11.2 Å². The number of para-hydroxylation sites is 2. The van der Waals surface area contributed by atoms with Gasteiger partial charge >= 0.3 is 5.97 Å². The number of ether oxygens (including phenoxy) is 1. The van der Waals surface area contributed by atoms with Crippen molar-refractivity contribution in [3.8, 4) is 0 Å². The van der Waals surface area contributed by atoms with Crippen molar-refractivity contribution < 1.29 is 14.3 Å². The monoisotopic (exact) mass is 375 g/mol. The summed E-state index contributed by atoms with van der Waals surface area (Å²) in [7, 11) is 1.30. The van der Waals surface area contributed by atoms with Gasteiger partial charge in [0.15, 0.2) is 0 Å². The molecule has 1 amide bonds. The zero-order valence-electron chi connectivity index (χ0n) is 15.7. The minimum absolute atomic E-state index is 0.294. The van der Waals surface area contributed by atoms with E-state index in [0.29, 0.717) is 22.6 Å². The van der Waals surface area contributed by atoms with E-state index in [1.165, 1.54) is 7.11 Å². The third-order valence-corrected chi connectivity index (χ3v) is 4.26. The van der Waals surface area contributed by atoms with Crippen LogP contribution < -0.4 is 10.6 Å². The Morgan fingerprint density at radius 2 is 1.71 bits per heavy atom. The molecule has 0 saturated carbocycles. The lowest BCUT2D eigenvalue weighted by molar-refractivity contribution is 0.0602. The summed E-state index contributed by atoms with van der Waals surface area (Å²) < 4.78 is 4.76. The Labute approximate surface area is 163 Å².